The van der Waals surface area contributed by atoms with Crippen molar-refractivity contribution in [1.29, 1.82) is 0 Å². The molecule has 0 fully saturated rings. The van der Waals surface area contributed by atoms with Gasteiger partial charge in [-0.05, 0) is 67.3 Å². The molecule has 2 heterocycles. The third-order valence-electron chi connectivity index (χ3n) is 7.33. The summed E-state index contributed by atoms with van der Waals surface area (Å²) in [7, 11) is 0. The van der Waals surface area contributed by atoms with Crippen molar-refractivity contribution in [3.63, 3.8) is 0 Å². The smallest absolute Gasteiger partial charge is 0.257 e. The van der Waals surface area contributed by atoms with Crippen LogP contribution in [0.5, 0.6) is 0 Å². The van der Waals surface area contributed by atoms with Gasteiger partial charge in [0.1, 0.15) is 5.00 Å². The molecule has 2 aromatic heterocycles. The molecule has 1 aliphatic carbocycles. The Balaban J connectivity index is 1.57. The summed E-state index contributed by atoms with van der Waals surface area (Å²) in [5.74, 6) is -0.265. The summed E-state index contributed by atoms with van der Waals surface area (Å²) in [6, 6.07) is 15.6. The monoisotopic (exact) mass is 575 g/mol. The number of hydrogen-bond acceptors (Lipinski definition) is 4. The zero-order chi connectivity index (χ0) is 26.5. The number of benzene rings is 2. The van der Waals surface area contributed by atoms with Crippen LogP contribution < -0.4 is 11.1 Å². The number of halogens is 1. The number of hydrogen-bond donors (Lipinski definition) is 2. The average molecular weight is 577 g/mol. The Morgan fingerprint density at radius 3 is 2.51 bits per heavy atom. The van der Waals surface area contributed by atoms with Crippen LogP contribution in [0.3, 0.4) is 0 Å². The molecule has 0 radical (unpaired) electrons. The molecule has 0 spiro atoms. The molecule has 0 bridgehead atoms. The summed E-state index contributed by atoms with van der Waals surface area (Å²) in [4.78, 5) is 32.3. The van der Waals surface area contributed by atoms with Gasteiger partial charge in [0.25, 0.3) is 11.8 Å². The number of carbonyl (C=O) groups is 2. The van der Waals surface area contributed by atoms with E-state index in [2.05, 4.69) is 42.0 Å². The maximum absolute atomic E-state index is 13.8. The van der Waals surface area contributed by atoms with Crippen LogP contribution in [0, 0.1) is 18.3 Å². The number of amides is 2. The first-order valence-corrected chi connectivity index (χ1v) is 14.0. The molecular weight excluding hydrogens is 546 g/mol. The molecule has 37 heavy (non-hydrogen) atoms. The summed E-state index contributed by atoms with van der Waals surface area (Å²) in [6.45, 7) is 8.81. The second kappa shape index (κ2) is 9.69. The number of aromatic nitrogens is 1. The second-order valence-corrected chi connectivity index (χ2v) is 12.9. The Morgan fingerprint density at radius 1 is 1.11 bits per heavy atom. The molecule has 4 aromatic rings. The Hall–Kier alpha value is -3.03. The first-order chi connectivity index (χ1) is 17.5. The number of rotatable bonds is 4. The number of aryl methyl sites for hydroxylation is 1. The number of nitrogens with one attached hydrogen (secondary N) is 1. The number of nitrogens with zero attached hydrogens (tertiary/aromatic N) is 1. The standard InChI is InChI=1S/C30H30BrN3O2S/c1-16-5-7-17(8-6-16)24-15-22(21-14-19(31)10-12-23(21)33-24)28(36)34-29-26(27(32)35)20-11-9-18(30(2,3)4)13-25(20)37-29/h5-8,10,12,14-15,18H,9,11,13H2,1-4H3,(H2,32,35)(H,34,36). The van der Waals surface area contributed by atoms with Gasteiger partial charge >= 0.3 is 0 Å². The van der Waals surface area contributed by atoms with Gasteiger partial charge in [0.05, 0.1) is 22.3 Å². The maximum Gasteiger partial charge on any atom is 0.257 e. The Bertz CT molecular complexity index is 1530. The van der Waals surface area contributed by atoms with E-state index in [0.29, 0.717) is 27.7 Å². The molecule has 7 heteroatoms. The van der Waals surface area contributed by atoms with Gasteiger partial charge in [-0.15, -0.1) is 11.3 Å². The lowest BCUT2D eigenvalue weighted by molar-refractivity contribution is 0.1000. The van der Waals surface area contributed by atoms with Gasteiger partial charge in [-0.1, -0.05) is 66.5 Å². The zero-order valence-electron chi connectivity index (χ0n) is 21.4. The van der Waals surface area contributed by atoms with Crippen LogP contribution in [0.2, 0.25) is 0 Å². The number of thiophene rings is 1. The lowest BCUT2D eigenvalue weighted by Gasteiger charge is -2.33. The van der Waals surface area contributed by atoms with Crippen molar-refractivity contribution in [2.45, 2.75) is 47.0 Å². The fraction of sp³-hybridized carbons (Fsp3) is 0.300. The molecule has 1 unspecified atom stereocenters. The first kappa shape index (κ1) is 25.6. The lowest BCUT2D eigenvalue weighted by Crippen LogP contribution is -2.27. The van der Waals surface area contributed by atoms with E-state index in [1.165, 1.54) is 11.3 Å². The van der Waals surface area contributed by atoms with Gasteiger partial charge in [0.2, 0.25) is 0 Å². The molecule has 1 aliphatic rings. The van der Waals surface area contributed by atoms with Crippen LogP contribution in [0.1, 0.15) is 63.9 Å². The van der Waals surface area contributed by atoms with Gasteiger partial charge in [-0.3, -0.25) is 9.59 Å². The van der Waals surface area contributed by atoms with Crippen molar-refractivity contribution >= 4 is 55.0 Å². The highest BCUT2D eigenvalue weighted by atomic mass is 79.9. The molecule has 5 nitrogen and oxygen atoms in total. The van der Waals surface area contributed by atoms with E-state index in [1.807, 2.05) is 55.5 Å². The quantitative estimate of drug-likeness (QED) is 0.263. The normalized spacial score (nSPS) is 15.4. The minimum absolute atomic E-state index is 0.174. The summed E-state index contributed by atoms with van der Waals surface area (Å²) in [5, 5.41) is 4.32. The van der Waals surface area contributed by atoms with E-state index in [0.717, 1.165) is 56.2 Å². The number of fused-ring (bicyclic) bond motifs is 2. The van der Waals surface area contributed by atoms with Crippen molar-refractivity contribution in [2.24, 2.45) is 17.1 Å². The summed E-state index contributed by atoms with van der Waals surface area (Å²) in [6.07, 6.45) is 2.69. The SMILES string of the molecule is Cc1ccc(-c2cc(C(=O)Nc3sc4c(c3C(N)=O)CCC(C(C)(C)C)C4)c3cc(Br)ccc3n2)cc1. The molecule has 2 amide bonds. The molecule has 2 aromatic carbocycles. The van der Waals surface area contributed by atoms with Gasteiger partial charge in [0, 0.05) is 20.3 Å². The predicted molar refractivity (Wildman–Crippen MR) is 155 cm³/mol. The topological polar surface area (TPSA) is 85.1 Å². The highest BCUT2D eigenvalue weighted by Gasteiger charge is 2.33. The van der Waals surface area contributed by atoms with Crippen LogP contribution >= 0.6 is 27.3 Å². The van der Waals surface area contributed by atoms with E-state index in [-0.39, 0.29) is 11.3 Å². The number of anilines is 1. The number of primary amides is 1. The van der Waals surface area contributed by atoms with Gasteiger partial charge in [-0.25, -0.2) is 4.98 Å². The van der Waals surface area contributed by atoms with E-state index < -0.39 is 5.91 Å². The lowest BCUT2D eigenvalue weighted by atomic mass is 9.72. The molecule has 3 N–H and O–H groups in total. The molecule has 190 valence electrons. The number of nitrogens with two attached hydrogens (primary N) is 1. The number of pyridine rings is 1. The minimum Gasteiger partial charge on any atom is -0.365 e. The van der Waals surface area contributed by atoms with Gasteiger partial charge < -0.3 is 11.1 Å². The minimum atomic E-state index is -0.496. The molecule has 0 saturated carbocycles. The predicted octanol–water partition coefficient (Wildman–Crippen LogP) is 7.54. The molecular formula is C30H30BrN3O2S. The summed E-state index contributed by atoms with van der Waals surface area (Å²) < 4.78 is 0.858. The maximum atomic E-state index is 13.8. The van der Waals surface area contributed by atoms with Crippen LogP contribution in [-0.2, 0) is 12.8 Å². The molecule has 1 atom stereocenters. The third kappa shape index (κ3) is 5.07. The van der Waals surface area contributed by atoms with Crippen LogP contribution in [0.4, 0.5) is 5.00 Å². The molecule has 0 saturated heterocycles. The zero-order valence-corrected chi connectivity index (χ0v) is 23.8. The van der Waals surface area contributed by atoms with E-state index >= 15 is 0 Å². The van der Waals surface area contributed by atoms with Crippen molar-refractivity contribution in [3.05, 3.63) is 80.1 Å². The third-order valence-corrected chi connectivity index (χ3v) is 8.99. The van der Waals surface area contributed by atoms with Crippen molar-refractivity contribution < 1.29 is 9.59 Å². The Kier molecular flexibility index (Phi) is 6.71. The van der Waals surface area contributed by atoms with Crippen LogP contribution in [0.15, 0.2) is 53.0 Å². The molecule has 0 aliphatic heterocycles. The number of carbonyl (C=O) groups excluding carboxylic acids is 2. The van der Waals surface area contributed by atoms with E-state index in [4.69, 9.17) is 10.7 Å². The second-order valence-electron chi connectivity index (χ2n) is 10.9. The van der Waals surface area contributed by atoms with Crippen LogP contribution in [0.25, 0.3) is 22.2 Å². The van der Waals surface area contributed by atoms with Crippen molar-refractivity contribution in [1.82, 2.24) is 4.98 Å². The Morgan fingerprint density at radius 2 is 1.84 bits per heavy atom. The van der Waals surface area contributed by atoms with Gasteiger partial charge in [0.15, 0.2) is 0 Å². The van der Waals surface area contributed by atoms with E-state index in [1.54, 1.807) is 0 Å². The summed E-state index contributed by atoms with van der Waals surface area (Å²) >= 11 is 5.01. The average Bonchev–Trinajstić information content (AvgIpc) is 3.20. The van der Waals surface area contributed by atoms with Crippen molar-refractivity contribution in [3.8, 4) is 11.3 Å². The highest BCUT2D eigenvalue weighted by Crippen LogP contribution is 2.44. The summed E-state index contributed by atoms with van der Waals surface area (Å²) in [5.41, 5.74) is 11.5. The largest absolute Gasteiger partial charge is 0.365 e. The fourth-order valence-corrected chi connectivity index (χ4v) is 6.79. The van der Waals surface area contributed by atoms with Crippen LogP contribution in [-0.4, -0.2) is 16.8 Å². The Labute approximate surface area is 229 Å². The first-order valence-electron chi connectivity index (χ1n) is 12.4. The highest BCUT2D eigenvalue weighted by molar-refractivity contribution is 9.10. The molecule has 5 rings (SSSR count). The van der Waals surface area contributed by atoms with Gasteiger partial charge in [-0.2, -0.15) is 0 Å². The van der Waals surface area contributed by atoms with Crippen molar-refractivity contribution in [2.75, 3.05) is 5.32 Å². The van der Waals surface area contributed by atoms with E-state index in [9.17, 15) is 9.59 Å². The fourth-order valence-electron chi connectivity index (χ4n) is 5.10.